The Bertz CT molecular complexity index is 187. The monoisotopic (exact) mass is 202 g/mol. The first-order valence-electron chi connectivity index (χ1n) is 5.12. The van der Waals surface area contributed by atoms with Gasteiger partial charge in [-0.05, 0) is 26.2 Å². The minimum Gasteiger partial charge on any atom is -0.481 e. The molecule has 1 N–H and O–H groups in total. The standard InChI is InChI=1S/C10H18O4/c1-2-13-6-7-14-10(4-3-5-10)8-9(11)12/h2-8H2,1H3,(H,11,12). The number of hydrogen-bond acceptors (Lipinski definition) is 3. The number of carboxylic acids is 1. The van der Waals surface area contributed by atoms with Crippen LogP contribution < -0.4 is 0 Å². The summed E-state index contributed by atoms with van der Waals surface area (Å²) in [4.78, 5) is 10.6. The number of hydrogen-bond donors (Lipinski definition) is 1. The largest absolute Gasteiger partial charge is 0.481 e. The number of carbonyl (C=O) groups is 1. The van der Waals surface area contributed by atoms with Crippen molar-refractivity contribution in [3.8, 4) is 0 Å². The fourth-order valence-electron chi connectivity index (χ4n) is 1.68. The van der Waals surface area contributed by atoms with Crippen molar-refractivity contribution in [3.63, 3.8) is 0 Å². The van der Waals surface area contributed by atoms with Crippen molar-refractivity contribution in [3.05, 3.63) is 0 Å². The molecule has 4 heteroatoms. The third-order valence-corrected chi connectivity index (χ3v) is 2.58. The second-order valence-corrected chi connectivity index (χ2v) is 3.65. The molecule has 82 valence electrons. The summed E-state index contributed by atoms with van der Waals surface area (Å²) in [7, 11) is 0. The van der Waals surface area contributed by atoms with Gasteiger partial charge in [0.25, 0.3) is 0 Å². The van der Waals surface area contributed by atoms with Gasteiger partial charge < -0.3 is 14.6 Å². The fourth-order valence-corrected chi connectivity index (χ4v) is 1.68. The van der Waals surface area contributed by atoms with Crippen LogP contribution in [0.25, 0.3) is 0 Å². The summed E-state index contributed by atoms with van der Waals surface area (Å²) < 4.78 is 10.7. The molecule has 0 radical (unpaired) electrons. The van der Waals surface area contributed by atoms with Gasteiger partial charge in [0.05, 0.1) is 25.2 Å². The number of rotatable bonds is 7. The Labute approximate surface area is 84.2 Å². The van der Waals surface area contributed by atoms with E-state index in [1.807, 2.05) is 6.92 Å². The Balaban J connectivity index is 2.20. The summed E-state index contributed by atoms with van der Waals surface area (Å²) >= 11 is 0. The SMILES string of the molecule is CCOCCOC1(CC(=O)O)CCC1. The maximum absolute atomic E-state index is 10.6. The predicted molar refractivity (Wildman–Crippen MR) is 51.3 cm³/mol. The van der Waals surface area contributed by atoms with Crippen LogP contribution in [0, 0.1) is 0 Å². The van der Waals surface area contributed by atoms with Gasteiger partial charge >= 0.3 is 5.97 Å². The molecule has 1 rings (SSSR count). The fraction of sp³-hybridized carbons (Fsp3) is 0.900. The van der Waals surface area contributed by atoms with Crippen LogP contribution in [0.3, 0.4) is 0 Å². The van der Waals surface area contributed by atoms with E-state index < -0.39 is 5.97 Å². The summed E-state index contributed by atoms with van der Waals surface area (Å²) in [6.07, 6.45) is 2.93. The highest BCUT2D eigenvalue weighted by atomic mass is 16.5. The zero-order chi connectivity index (χ0) is 10.4. The Morgan fingerprint density at radius 2 is 2.14 bits per heavy atom. The van der Waals surface area contributed by atoms with Crippen molar-refractivity contribution < 1.29 is 19.4 Å². The third-order valence-electron chi connectivity index (χ3n) is 2.58. The topological polar surface area (TPSA) is 55.8 Å². The first kappa shape index (κ1) is 11.5. The van der Waals surface area contributed by atoms with Crippen molar-refractivity contribution >= 4 is 5.97 Å². The summed E-state index contributed by atoms with van der Waals surface area (Å²) in [6.45, 7) is 3.66. The zero-order valence-corrected chi connectivity index (χ0v) is 8.62. The van der Waals surface area contributed by atoms with Gasteiger partial charge in [0, 0.05) is 6.61 Å². The molecule has 0 saturated heterocycles. The van der Waals surface area contributed by atoms with Crippen LogP contribution in [0.2, 0.25) is 0 Å². The molecular weight excluding hydrogens is 184 g/mol. The summed E-state index contributed by atoms with van der Waals surface area (Å²) in [6, 6.07) is 0. The Kier molecular flexibility index (Phi) is 4.35. The van der Waals surface area contributed by atoms with E-state index in [0.717, 1.165) is 19.3 Å². The molecule has 0 atom stereocenters. The van der Waals surface area contributed by atoms with Crippen LogP contribution in [0.4, 0.5) is 0 Å². The van der Waals surface area contributed by atoms with Gasteiger partial charge in [-0.25, -0.2) is 0 Å². The van der Waals surface area contributed by atoms with Crippen molar-refractivity contribution in [2.24, 2.45) is 0 Å². The number of aliphatic carboxylic acids is 1. The summed E-state index contributed by atoms with van der Waals surface area (Å²) in [5.74, 6) is -0.777. The third kappa shape index (κ3) is 3.27. The highest BCUT2D eigenvalue weighted by molar-refractivity contribution is 5.68. The van der Waals surface area contributed by atoms with E-state index in [4.69, 9.17) is 14.6 Å². The average molecular weight is 202 g/mol. The second kappa shape index (κ2) is 5.32. The van der Waals surface area contributed by atoms with Gasteiger partial charge in [-0.1, -0.05) is 0 Å². The minimum absolute atomic E-state index is 0.124. The Hall–Kier alpha value is -0.610. The number of ether oxygens (including phenoxy) is 2. The van der Waals surface area contributed by atoms with Crippen LogP contribution in [0.5, 0.6) is 0 Å². The lowest BCUT2D eigenvalue weighted by Gasteiger charge is -2.40. The average Bonchev–Trinajstić information content (AvgIpc) is 2.07. The molecule has 0 amide bonds. The maximum Gasteiger partial charge on any atom is 0.306 e. The molecule has 0 aromatic rings. The van der Waals surface area contributed by atoms with Crippen LogP contribution in [0.15, 0.2) is 0 Å². The van der Waals surface area contributed by atoms with E-state index in [1.165, 1.54) is 0 Å². The van der Waals surface area contributed by atoms with Gasteiger partial charge in [0.1, 0.15) is 0 Å². The van der Waals surface area contributed by atoms with E-state index in [2.05, 4.69) is 0 Å². The smallest absolute Gasteiger partial charge is 0.306 e. The highest BCUT2D eigenvalue weighted by Crippen LogP contribution is 2.38. The van der Waals surface area contributed by atoms with Crippen LogP contribution in [-0.4, -0.2) is 36.5 Å². The molecule has 0 aliphatic heterocycles. The second-order valence-electron chi connectivity index (χ2n) is 3.65. The molecule has 1 aliphatic carbocycles. The first-order valence-corrected chi connectivity index (χ1v) is 5.12. The van der Waals surface area contributed by atoms with Crippen LogP contribution in [0.1, 0.15) is 32.6 Å². The first-order chi connectivity index (χ1) is 6.68. The summed E-state index contributed by atoms with van der Waals surface area (Å²) in [5, 5.41) is 8.71. The van der Waals surface area contributed by atoms with Crippen molar-refractivity contribution in [1.29, 1.82) is 0 Å². The Morgan fingerprint density at radius 3 is 2.57 bits per heavy atom. The predicted octanol–water partition coefficient (Wildman–Crippen LogP) is 1.44. The molecule has 4 nitrogen and oxygen atoms in total. The minimum atomic E-state index is -0.777. The van der Waals surface area contributed by atoms with Gasteiger partial charge in [-0.15, -0.1) is 0 Å². The molecule has 1 saturated carbocycles. The van der Waals surface area contributed by atoms with Crippen molar-refractivity contribution in [2.75, 3.05) is 19.8 Å². The van der Waals surface area contributed by atoms with Crippen molar-refractivity contribution in [1.82, 2.24) is 0 Å². The quantitative estimate of drug-likeness (QED) is 0.635. The molecule has 0 heterocycles. The molecule has 1 aliphatic rings. The molecule has 0 unspecified atom stereocenters. The lowest BCUT2D eigenvalue weighted by Crippen LogP contribution is -2.42. The lowest BCUT2D eigenvalue weighted by atomic mass is 9.77. The molecular formula is C10H18O4. The van der Waals surface area contributed by atoms with Crippen molar-refractivity contribution in [2.45, 2.75) is 38.2 Å². The lowest BCUT2D eigenvalue weighted by molar-refractivity contribution is -0.156. The molecule has 0 aromatic heterocycles. The highest BCUT2D eigenvalue weighted by Gasteiger charge is 2.39. The molecule has 0 aromatic carbocycles. The molecule has 0 spiro atoms. The molecule has 14 heavy (non-hydrogen) atoms. The zero-order valence-electron chi connectivity index (χ0n) is 8.62. The van der Waals surface area contributed by atoms with Gasteiger partial charge in [-0.3, -0.25) is 4.79 Å². The van der Waals surface area contributed by atoms with E-state index in [9.17, 15) is 4.79 Å². The maximum atomic E-state index is 10.6. The van der Waals surface area contributed by atoms with Gasteiger partial charge in [0.15, 0.2) is 0 Å². The van der Waals surface area contributed by atoms with E-state index in [0.29, 0.717) is 19.8 Å². The van der Waals surface area contributed by atoms with Crippen LogP contribution in [-0.2, 0) is 14.3 Å². The van der Waals surface area contributed by atoms with Crippen LogP contribution >= 0.6 is 0 Å². The Morgan fingerprint density at radius 1 is 1.43 bits per heavy atom. The molecule has 1 fully saturated rings. The van der Waals surface area contributed by atoms with E-state index in [1.54, 1.807) is 0 Å². The summed E-state index contributed by atoms with van der Waals surface area (Å²) in [5.41, 5.74) is -0.386. The number of carboxylic acid groups (broad SMARTS) is 1. The molecule has 0 bridgehead atoms. The normalized spacial score (nSPS) is 18.9. The van der Waals surface area contributed by atoms with Gasteiger partial charge in [-0.2, -0.15) is 0 Å². The van der Waals surface area contributed by atoms with E-state index >= 15 is 0 Å². The van der Waals surface area contributed by atoms with E-state index in [-0.39, 0.29) is 12.0 Å². The van der Waals surface area contributed by atoms with Gasteiger partial charge in [0.2, 0.25) is 0 Å².